The molecule has 4 atom stereocenters. The zero-order chi connectivity index (χ0) is 20.3. The number of likely N-dealkylation sites (tertiary alicyclic amines) is 1. The van der Waals surface area contributed by atoms with Crippen LogP contribution in [0.4, 0.5) is 15.8 Å². The maximum absolute atomic E-state index is 14.6. The largest absolute Gasteiger partial charge is 0.369 e. The molecule has 6 nitrogen and oxygen atoms in total. The third-order valence-electron chi connectivity index (χ3n) is 6.72. The number of carbonyl (C=O) groups excluding carboxylic acids is 2. The Hall–Kier alpha value is -2.41. The number of halogens is 1. The number of ether oxygens (including phenoxy) is 1. The van der Waals surface area contributed by atoms with E-state index in [4.69, 9.17) is 4.74 Å². The molecular weight excluding hydrogens is 373 g/mol. The second-order valence-electron chi connectivity index (χ2n) is 8.81. The van der Waals surface area contributed by atoms with Gasteiger partial charge in [-0.25, -0.2) is 4.39 Å². The van der Waals surface area contributed by atoms with Gasteiger partial charge in [-0.15, -0.1) is 0 Å². The summed E-state index contributed by atoms with van der Waals surface area (Å²) in [6, 6.07) is 4.86. The van der Waals surface area contributed by atoms with Crippen molar-refractivity contribution in [2.75, 3.05) is 29.9 Å². The summed E-state index contributed by atoms with van der Waals surface area (Å²) in [6.07, 6.45) is 5.55. The molecule has 3 saturated heterocycles. The molecular formula is C22H26FN3O3. The minimum absolute atomic E-state index is 0.0393. The number of rotatable bonds is 4. The summed E-state index contributed by atoms with van der Waals surface area (Å²) in [5.74, 6) is -1.79. The van der Waals surface area contributed by atoms with Crippen molar-refractivity contribution in [3.8, 4) is 0 Å². The molecule has 0 aromatic heterocycles. The molecule has 4 heterocycles. The third-order valence-corrected chi connectivity index (χ3v) is 6.72. The SMILES string of the molecule is CC(C)N1C[C@@]23C=C[C@@H](O2)[C@@H](C(=O)Nc2ccc(N4CCCC4)c(F)c2)[C@H]3C1=O. The van der Waals surface area contributed by atoms with Crippen molar-refractivity contribution < 1.29 is 18.7 Å². The molecule has 1 N–H and O–H groups in total. The number of fused-ring (bicyclic) bond motifs is 1. The van der Waals surface area contributed by atoms with E-state index in [0.29, 0.717) is 17.9 Å². The number of nitrogens with zero attached hydrogens (tertiary/aromatic N) is 2. The van der Waals surface area contributed by atoms with Crippen LogP contribution in [0.1, 0.15) is 26.7 Å². The van der Waals surface area contributed by atoms with Crippen LogP contribution in [-0.2, 0) is 14.3 Å². The lowest BCUT2D eigenvalue weighted by atomic mass is 9.77. The molecule has 0 radical (unpaired) electrons. The van der Waals surface area contributed by atoms with E-state index in [1.807, 2.05) is 30.9 Å². The molecule has 0 aliphatic carbocycles. The smallest absolute Gasteiger partial charge is 0.231 e. The molecule has 3 fully saturated rings. The van der Waals surface area contributed by atoms with Crippen molar-refractivity contribution in [3.63, 3.8) is 0 Å². The van der Waals surface area contributed by atoms with Crippen molar-refractivity contribution in [2.24, 2.45) is 11.8 Å². The van der Waals surface area contributed by atoms with E-state index < -0.39 is 23.5 Å². The lowest BCUT2D eigenvalue weighted by Crippen LogP contribution is -2.42. The van der Waals surface area contributed by atoms with E-state index >= 15 is 0 Å². The number of nitrogens with one attached hydrogen (secondary N) is 1. The number of hydrogen-bond acceptors (Lipinski definition) is 4. The van der Waals surface area contributed by atoms with Crippen LogP contribution in [0.15, 0.2) is 30.4 Å². The van der Waals surface area contributed by atoms with E-state index in [2.05, 4.69) is 5.32 Å². The lowest BCUT2D eigenvalue weighted by Gasteiger charge is -2.25. The van der Waals surface area contributed by atoms with E-state index in [1.54, 1.807) is 17.0 Å². The van der Waals surface area contributed by atoms with E-state index in [9.17, 15) is 14.0 Å². The molecule has 0 saturated carbocycles. The molecule has 7 heteroatoms. The minimum Gasteiger partial charge on any atom is -0.369 e. The Labute approximate surface area is 169 Å². The van der Waals surface area contributed by atoms with E-state index in [0.717, 1.165) is 25.9 Å². The molecule has 154 valence electrons. The minimum atomic E-state index is -0.709. The Balaban J connectivity index is 1.36. The summed E-state index contributed by atoms with van der Waals surface area (Å²) in [6.45, 7) is 6.11. The first-order valence-corrected chi connectivity index (χ1v) is 10.4. The summed E-state index contributed by atoms with van der Waals surface area (Å²) in [7, 11) is 0. The highest BCUT2D eigenvalue weighted by atomic mass is 19.1. The van der Waals surface area contributed by atoms with Gasteiger partial charge in [-0.05, 0) is 44.9 Å². The van der Waals surface area contributed by atoms with Crippen LogP contribution in [-0.4, -0.2) is 54.1 Å². The van der Waals surface area contributed by atoms with Crippen LogP contribution in [0, 0.1) is 17.7 Å². The molecule has 29 heavy (non-hydrogen) atoms. The van der Waals surface area contributed by atoms with Gasteiger partial charge in [-0.3, -0.25) is 9.59 Å². The Morgan fingerprint density at radius 2 is 2.07 bits per heavy atom. The van der Waals surface area contributed by atoms with Crippen LogP contribution in [0.5, 0.6) is 0 Å². The van der Waals surface area contributed by atoms with E-state index in [1.165, 1.54) is 6.07 Å². The van der Waals surface area contributed by atoms with Crippen molar-refractivity contribution in [2.45, 2.75) is 44.4 Å². The zero-order valence-corrected chi connectivity index (χ0v) is 16.7. The van der Waals surface area contributed by atoms with Gasteiger partial charge >= 0.3 is 0 Å². The van der Waals surface area contributed by atoms with E-state index in [-0.39, 0.29) is 23.7 Å². The Morgan fingerprint density at radius 1 is 1.31 bits per heavy atom. The highest BCUT2D eigenvalue weighted by Crippen LogP contribution is 2.52. The number of hydrogen-bond donors (Lipinski definition) is 1. The topological polar surface area (TPSA) is 61.9 Å². The van der Waals surface area contributed by atoms with Crippen LogP contribution < -0.4 is 10.2 Å². The molecule has 2 amide bonds. The first-order chi connectivity index (χ1) is 13.9. The van der Waals surface area contributed by atoms with Crippen LogP contribution in [0.3, 0.4) is 0 Å². The molecule has 0 unspecified atom stereocenters. The predicted octanol–water partition coefficient (Wildman–Crippen LogP) is 2.55. The predicted molar refractivity (Wildman–Crippen MR) is 107 cm³/mol. The van der Waals surface area contributed by atoms with Crippen molar-refractivity contribution in [3.05, 3.63) is 36.2 Å². The number of anilines is 2. The fourth-order valence-electron chi connectivity index (χ4n) is 5.29. The number of benzene rings is 1. The van der Waals surface area contributed by atoms with Gasteiger partial charge in [-0.1, -0.05) is 12.2 Å². The molecule has 1 aromatic carbocycles. The standard InChI is InChI=1S/C22H26FN3O3/c1-13(2)26-12-22-8-7-17(29-22)18(19(22)21(26)28)20(27)24-14-5-6-16(15(23)11-14)25-9-3-4-10-25/h5-8,11,13,17-19H,3-4,9-10,12H2,1-2H3,(H,24,27)/t17-,18-,19+,22-/m1/s1. The summed E-state index contributed by atoms with van der Waals surface area (Å²) >= 11 is 0. The van der Waals surface area contributed by atoms with Gasteiger partial charge < -0.3 is 19.9 Å². The summed E-state index contributed by atoms with van der Waals surface area (Å²) in [4.78, 5) is 29.9. The third kappa shape index (κ3) is 2.78. The highest BCUT2D eigenvalue weighted by molar-refractivity contribution is 5.99. The first-order valence-electron chi connectivity index (χ1n) is 10.4. The second kappa shape index (κ2) is 6.55. The molecule has 1 spiro atoms. The molecule has 4 aliphatic heterocycles. The van der Waals surface area contributed by atoms with Gasteiger partial charge in [0, 0.05) is 24.8 Å². The maximum atomic E-state index is 14.6. The van der Waals surface area contributed by atoms with Crippen LogP contribution >= 0.6 is 0 Å². The van der Waals surface area contributed by atoms with Gasteiger partial charge in [0.2, 0.25) is 11.8 Å². The fourth-order valence-corrected chi connectivity index (χ4v) is 5.29. The van der Waals surface area contributed by atoms with Gasteiger partial charge in [0.25, 0.3) is 0 Å². The van der Waals surface area contributed by atoms with Gasteiger partial charge in [0.15, 0.2) is 0 Å². The average molecular weight is 399 g/mol. The van der Waals surface area contributed by atoms with Gasteiger partial charge in [0.1, 0.15) is 11.4 Å². The van der Waals surface area contributed by atoms with Crippen LogP contribution in [0.25, 0.3) is 0 Å². The maximum Gasteiger partial charge on any atom is 0.231 e. The molecule has 1 aromatic rings. The highest BCUT2D eigenvalue weighted by Gasteiger charge is 2.67. The normalized spacial score (nSPS) is 32.6. The summed E-state index contributed by atoms with van der Waals surface area (Å²) in [5.41, 5.74) is 0.269. The number of carbonyl (C=O) groups is 2. The Bertz CT molecular complexity index is 895. The quantitative estimate of drug-likeness (QED) is 0.791. The first kappa shape index (κ1) is 18.6. The number of amides is 2. The second-order valence-corrected chi connectivity index (χ2v) is 8.81. The van der Waals surface area contributed by atoms with Crippen molar-refractivity contribution in [1.82, 2.24) is 4.90 Å². The molecule has 4 aliphatic rings. The zero-order valence-electron chi connectivity index (χ0n) is 16.7. The van der Waals surface area contributed by atoms with Crippen molar-refractivity contribution in [1.29, 1.82) is 0 Å². The average Bonchev–Trinajstić information content (AvgIpc) is 3.43. The van der Waals surface area contributed by atoms with Gasteiger partial charge in [-0.2, -0.15) is 0 Å². The summed E-state index contributed by atoms with van der Waals surface area (Å²) < 4.78 is 20.7. The molecule has 5 rings (SSSR count). The van der Waals surface area contributed by atoms with Crippen LogP contribution in [0.2, 0.25) is 0 Å². The lowest BCUT2D eigenvalue weighted by molar-refractivity contribution is -0.136. The molecule has 2 bridgehead atoms. The monoisotopic (exact) mass is 399 g/mol. The fraction of sp³-hybridized carbons (Fsp3) is 0.545. The van der Waals surface area contributed by atoms with Gasteiger partial charge in [0.05, 0.1) is 30.2 Å². The van der Waals surface area contributed by atoms with Crippen molar-refractivity contribution >= 4 is 23.2 Å². The Morgan fingerprint density at radius 3 is 2.76 bits per heavy atom. The summed E-state index contributed by atoms with van der Waals surface area (Å²) in [5, 5.41) is 2.82. The Kier molecular flexibility index (Phi) is 4.21.